The van der Waals surface area contributed by atoms with Gasteiger partial charge in [-0.1, -0.05) is 12.1 Å². The van der Waals surface area contributed by atoms with Crippen molar-refractivity contribution in [3.8, 4) is 17.0 Å². The third-order valence-electron chi connectivity index (χ3n) is 5.16. The van der Waals surface area contributed by atoms with Crippen LogP contribution in [0.25, 0.3) is 11.1 Å². The molecule has 176 valence electrons. The molecule has 0 radical (unpaired) electrons. The van der Waals surface area contributed by atoms with E-state index in [1.807, 2.05) is 0 Å². The second kappa shape index (κ2) is 9.22. The van der Waals surface area contributed by atoms with Crippen molar-refractivity contribution in [3.05, 3.63) is 82.8 Å². The minimum Gasteiger partial charge on any atom is -0.475 e. The summed E-state index contributed by atoms with van der Waals surface area (Å²) in [4.78, 5) is 29.8. The lowest BCUT2D eigenvalue weighted by atomic mass is 10.0. The normalized spacial score (nSPS) is 13.4. The standard InChI is InChI=1S/C24H18F4N2O4/c1-33-8-9-34-21-17(6-7-20(29-21)24(26,27)28)15-10-14(11-16(25)12-15)13-30-22(31)18-4-2-3-5-19(18)23(30)32/h2-7,10-12H,8-9,13H2,1H3. The van der Waals surface area contributed by atoms with Gasteiger partial charge in [-0.2, -0.15) is 13.2 Å². The Kier molecular flexibility index (Phi) is 6.34. The summed E-state index contributed by atoms with van der Waals surface area (Å²) in [6.07, 6.45) is -4.70. The molecule has 2 amide bonds. The SMILES string of the molecule is COCCOc1nc(C(F)(F)F)ccc1-c1cc(F)cc(CN2C(=O)c3ccccc3C2=O)c1. The van der Waals surface area contributed by atoms with Crippen LogP contribution < -0.4 is 4.74 Å². The number of hydrogen-bond donors (Lipinski definition) is 0. The van der Waals surface area contributed by atoms with E-state index in [1.54, 1.807) is 12.1 Å². The van der Waals surface area contributed by atoms with Crippen LogP contribution >= 0.6 is 0 Å². The van der Waals surface area contributed by atoms with Gasteiger partial charge in [0.15, 0.2) is 0 Å². The summed E-state index contributed by atoms with van der Waals surface area (Å²) in [5.74, 6) is -2.06. The largest absolute Gasteiger partial charge is 0.475 e. The molecule has 0 bridgehead atoms. The van der Waals surface area contributed by atoms with E-state index in [1.165, 1.54) is 25.3 Å². The Labute approximate surface area is 191 Å². The number of methoxy groups -OCH3 is 1. The number of amides is 2. The summed E-state index contributed by atoms with van der Waals surface area (Å²) >= 11 is 0. The first-order valence-corrected chi connectivity index (χ1v) is 10.1. The molecule has 0 saturated carbocycles. The van der Waals surface area contributed by atoms with Crippen LogP contribution in [0.4, 0.5) is 17.6 Å². The number of imide groups is 1. The predicted octanol–water partition coefficient (Wildman–Crippen LogP) is 4.73. The zero-order chi connectivity index (χ0) is 24.5. The lowest BCUT2D eigenvalue weighted by Crippen LogP contribution is -2.29. The zero-order valence-electron chi connectivity index (χ0n) is 17.9. The minimum atomic E-state index is -4.70. The van der Waals surface area contributed by atoms with Crippen molar-refractivity contribution in [1.29, 1.82) is 0 Å². The number of halogens is 4. The van der Waals surface area contributed by atoms with Crippen molar-refractivity contribution in [3.63, 3.8) is 0 Å². The number of ether oxygens (including phenoxy) is 2. The fourth-order valence-corrected chi connectivity index (χ4v) is 3.61. The Balaban J connectivity index is 1.68. The Morgan fingerprint density at radius 2 is 1.59 bits per heavy atom. The van der Waals surface area contributed by atoms with E-state index in [0.717, 1.165) is 29.2 Å². The van der Waals surface area contributed by atoms with E-state index < -0.39 is 29.5 Å². The van der Waals surface area contributed by atoms with Crippen molar-refractivity contribution in [1.82, 2.24) is 9.88 Å². The quantitative estimate of drug-likeness (QED) is 0.281. The van der Waals surface area contributed by atoms with Crippen LogP contribution in [0.1, 0.15) is 32.0 Å². The minimum absolute atomic E-state index is 0.0744. The molecule has 0 atom stereocenters. The maximum atomic E-state index is 14.5. The number of alkyl halides is 3. The molecule has 0 fully saturated rings. The van der Waals surface area contributed by atoms with Crippen LogP contribution in [0.3, 0.4) is 0 Å². The van der Waals surface area contributed by atoms with Gasteiger partial charge in [-0.05, 0) is 53.6 Å². The van der Waals surface area contributed by atoms with E-state index in [-0.39, 0.29) is 53.5 Å². The molecule has 0 unspecified atom stereocenters. The average molecular weight is 474 g/mol. The molecule has 1 aromatic heterocycles. The molecule has 2 heterocycles. The molecule has 1 aliphatic heterocycles. The first kappa shape index (κ1) is 23.4. The Bertz CT molecular complexity index is 1220. The van der Waals surface area contributed by atoms with Gasteiger partial charge >= 0.3 is 6.18 Å². The summed E-state index contributed by atoms with van der Waals surface area (Å²) < 4.78 is 64.2. The summed E-state index contributed by atoms with van der Waals surface area (Å²) in [5.41, 5.74) is -0.0826. The van der Waals surface area contributed by atoms with Crippen LogP contribution in [0.15, 0.2) is 54.6 Å². The third kappa shape index (κ3) is 4.62. The van der Waals surface area contributed by atoms with E-state index in [0.29, 0.717) is 0 Å². The number of hydrogen-bond acceptors (Lipinski definition) is 5. The van der Waals surface area contributed by atoms with Crippen molar-refractivity contribution in [2.45, 2.75) is 12.7 Å². The van der Waals surface area contributed by atoms with Gasteiger partial charge < -0.3 is 9.47 Å². The van der Waals surface area contributed by atoms with Crippen LogP contribution in [0, 0.1) is 5.82 Å². The number of aromatic nitrogens is 1. The number of fused-ring (bicyclic) bond motifs is 1. The second-order valence-corrected chi connectivity index (χ2v) is 7.48. The summed E-state index contributed by atoms with van der Waals surface area (Å²) in [7, 11) is 1.40. The van der Waals surface area contributed by atoms with Gasteiger partial charge in [-0.15, -0.1) is 0 Å². The van der Waals surface area contributed by atoms with Crippen LogP contribution in [0.5, 0.6) is 5.88 Å². The van der Waals surface area contributed by atoms with Gasteiger partial charge in [-0.3, -0.25) is 14.5 Å². The highest BCUT2D eigenvalue weighted by Gasteiger charge is 2.35. The molecule has 3 aromatic rings. The molecular formula is C24H18F4N2O4. The molecular weight excluding hydrogens is 456 g/mol. The van der Waals surface area contributed by atoms with Gasteiger partial charge in [0, 0.05) is 12.7 Å². The topological polar surface area (TPSA) is 68.7 Å². The number of nitrogens with zero attached hydrogens (tertiary/aromatic N) is 2. The fourth-order valence-electron chi connectivity index (χ4n) is 3.61. The summed E-state index contributed by atoms with van der Waals surface area (Å²) in [6, 6.07) is 12.0. The van der Waals surface area contributed by atoms with Crippen molar-refractivity contribution >= 4 is 11.8 Å². The monoisotopic (exact) mass is 474 g/mol. The summed E-state index contributed by atoms with van der Waals surface area (Å²) in [6.45, 7) is -0.189. The fraction of sp³-hybridized carbons (Fsp3) is 0.208. The first-order valence-electron chi connectivity index (χ1n) is 10.1. The van der Waals surface area contributed by atoms with Crippen LogP contribution in [-0.2, 0) is 17.5 Å². The Morgan fingerprint density at radius 1 is 0.912 bits per heavy atom. The lowest BCUT2D eigenvalue weighted by molar-refractivity contribution is -0.141. The highest BCUT2D eigenvalue weighted by molar-refractivity contribution is 6.21. The van der Waals surface area contributed by atoms with Gasteiger partial charge in [0.05, 0.1) is 24.3 Å². The highest BCUT2D eigenvalue weighted by Crippen LogP contribution is 2.35. The molecule has 34 heavy (non-hydrogen) atoms. The van der Waals surface area contributed by atoms with E-state index in [2.05, 4.69) is 4.98 Å². The molecule has 2 aromatic carbocycles. The van der Waals surface area contributed by atoms with Gasteiger partial charge in [0.1, 0.15) is 18.1 Å². The van der Waals surface area contributed by atoms with Gasteiger partial charge in [0.25, 0.3) is 11.8 Å². The smallest absolute Gasteiger partial charge is 0.433 e. The predicted molar refractivity (Wildman–Crippen MR) is 113 cm³/mol. The van der Waals surface area contributed by atoms with Crippen LogP contribution in [-0.4, -0.2) is 42.0 Å². The van der Waals surface area contributed by atoms with Crippen LogP contribution in [0.2, 0.25) is 0 Å². The molecule has 4 rings (SSSR count). The Hall–Kier alpha value is -3.79. The highest BCUT2D eigenvalue weighted by atomic mass is 19.4. The molecule has 0 aliphatic carbocycles. The maximum Gasteiger partial charge on any atom is 0.433 e. The lowest BCUT2D eigenvalue weighted by Gasteiger charge is -2.16. The first-order chi connectivity index (χ1) is 16.2. The molecule has 10 heteroatoms. The number of carbonyl (C=O) groups excluding carboxylic acids is 2. The zero-order valence-corrected chi connectivity index (χ0v) is 17.9. The Morgan fingerprint density at radius 3 is 2.21 bits per heavy atom. The van der Waals surface area contributed by atoms with Crippen molar-refractivity contribution < 1.29 is 36.6 Å². The van der Waals surface area contributed by atoms with Crippen molar-refractivity contribution in [2.75, 3.05) is 20.3 Å². The molecule has 0 spiro atoms. The maximum absolute atomic E-state index is 14.5. The van der Waals surface area contributed by atoms with Crippen molar-refractivity contribution in [2.24, 2.45) is 0 Å². The average Bonchev–Trinajstić information content (AvgIpc) is 3.03. The number of pyridine rings is 1. The van der Waals surface area contributed by atoms with Gasteiger partial charge in [0.2, 0.25) is 5.88 Å². The number of rotatable bonds is 7. The van der Waals surface area contributed by atoms with E-state index in [4.69, 9.17) is 9.47 Å². The molecule has 6 nitrogen and oxygen atoms in total. The molecule has 0 N–H and O–H groups in total. The summed E-state index contributed by atoms with van der Waals surface area (Å²) in [5, 5.41) is 0. The second-order valence-electron chi connectivity index (χ2n) is 7.48. The number of benzene rings is 2. The number of carbonyl (C=O) groups is 2. The van der Waals surface area contributed by atoms with Gasteiger partial charge in [-0.25, -0.2) is 9.37 Å². The van der Waals surface area contributed by atoms with E-state index in [9.17, 15) is 27.2 Å². The third-order valence-corrected chi connectivity index (χ3v) is 5.16. The molecule has 1 aliphatic rings. The van der Waals surface area contributed by atoms with E-state index >= 15 is 0 Å². The molecule has 0 saturated heterocycles.